The lowest BCUT2D eigenvalue weighted by molar-refractivity contribution is 0.0951. The quantitative estimate of drug-likeness (QED) is 0.882. The van der Waals surface area contributed by atoms with E-state index in [-0.39, 0.29) is 5.91 Å². The molecule has 18 heavy (non-hydrogen) atoms. The predicted molar refractivity (Wildman–Crippen MR) is 75.0 cm³/mol. The first-order chi connectivity index (χ1) is 8.69. The number of anilines is 1. The number of hydrogen-bond acceptors (Lipinski definition) is 3. The average Bonchev–Trinajstić information content (AvgIpc) is 3.08. The number of fused-ring (bicyclic) bond motifs is 1. The van der Waals surface area contributed by atoms with E-state index in [0.717, 1.165) is 42.2 Å². The minimum Gasteiger partial charge on any atom is -0.390 e. The summed E-state index contributed by atoms with van der Waals surface area (Å²) < 4.78 is 0. The highest BCUT2D eigenvalue weighted by atomic mass is 32.1. The number of nitrogens with two attached hydrogens (primary N) is 1. The Morgan fingerprint density at radius 2 is 2.22 bits per heavy atom. The Hall–Kier alpha value is -1.03. The summed E-state index contributed by atoms with van der Waals surface area (Å²) in [6.45, 7) is 2.24. The standard InChI is InChI=1S/C14H20N2OS/c1-2-8-3-6-10-11(7-8)18-13(15)12(10)14(17)16-9-4-5-9/h8-9H,2-7,15H2,1H3,(H,16,17)/t8-/m0/s1. The Bertz CT molecular complexity index is 476. The maximum absolute atomic E-state index is 12.2. The summed E-state index contributed by atoms with van der Waals surface area (Å²) >= 11 is 1.63. The van der Waals surface area contributed by atoms with Crippen LogP contribution in [0.1, 0.15) is 53.4 Å². The third kappa shape index (κ3) is 2.14. The summed E-state index contributed by atoms with van der Waals surface area (Å²) in [5.41, 5.74) is 8.09. The van der Waals surface area contributed by atoms with Crippen LogP contribution in [0.3, 0.4) is 0 Å². The highest BCUT2D eigenvalue weighted by Gasteiger charge is 2.30. The number of nitrogen functional groups attached to an aromatic ring is 1. The van der Waals surface area contributed by atoms with Gasteiger partial charge in [-0.2, -0.15) is 0 Å². The molecular formula is C14H20N2OS. The number of carbonyl (C=O) groups excluding carboxylic acids is 1. The molecule has 2 aliphatic carbocycles. The number of nitrogens with one attached hydrogen (secondary N) is 1. The van der Waals surface area contributed by atoms with Gasteiger partial charge in [0.15, 0.2) is 0 Å². The molecule has 1 amide bonds. The SMILES string of the molecule is CC[C@H]1CCc2c(sc(N)c2C(=O)NC2CC2)C1. The minimum atomic E-state index is 0.0578. The van der Waals surface area contributed by atoms with Crippen LogP contribution in [0.4, 0.5) is 5.00 Å². The monoisotopic (exact) mass is 264 g/mol. The topological polar surface area (TPSA) is 55.1 Å². The summed E-state index contributed by atoms with van der Waals surface area (Å²) in [5.74, 6) is 0.831. The molecule has 0 spiro atoms. The third-order valence-corrected chi connectivity index (χ3v) is 5.20. The van der Waals surface area contributed by atoms with E-state index in [1.807, 2.05) is 0 Å². The van der Waals surface area contributed by atoms with Crippen molar-refractivity contribution in [1.82, 2.24) is 5.32 Å². The molecule has 1 saturated carbocycles. The van der Waals surface area contributed by atoms with Crippen LogP contribution in [-0.2, 0) is 12.8 Å². The molecule has 0 radical (unpaired) electrons. The average molecular weight is 264 g/mol. The van der Waals surface area contributed by atoms with E-state index >= 15 is 0 Å². The second kappa shape index (κ2) is 4.57. The Balaban J connectivity index is 1.86. The van der Waals surface area contributed by atoms with Crippen molar-refractivity contribution in [2.45, 2.75) is 51.5 Å². The molecule has 0 unspecified atom stereocenters. The fraction of sp³-hybridized carbons (Fsp3) is 0.643. The molecule has 4 heteroatoms. The molecule has 1 aromatic rings. The molecule has 3 nitrogen and oxygen atoms in total. The van der Waals surface area contributed by atoms with Crippen LogP contribution in [0.2, 0.25) is 0 Å². The number of hydrogen-bond donors (Lipinski definition) is 2. The van der Waals surface area contributed by atoms with Crippen LogP contribution < -0.4 is 11.1 Å². The lowest BCUT2D eigenvalue weighted by atomic mass is 9.85. The second-order valence-corrected chi connectivity index (χ2v) is 6.64. The van der Waals surface area contributed by atoms with Gasteiger partial charge in [-0.25, -0.2) is 0 Å². The number of amides is 1. The van der Waals surface area contributed by atoms with Gasteiger partial charge in [-0.05, 0) is 43.6 Å². The van der Waals surface area contributed by atoms with Gasteiger partial charge in [-0.1, -0.05) is 13.3 Å². The van der Waals surface area contributed by atoms with Crippen molar-refractivity contribution in [3.63, 3.8) is 0 Å². The fourth-order valence-corrected chi connectivity index (χ4v) is 3.99. The first-order valence-corrected chi connectivity index (χ1v) is 7.71. The lowest BCUT2D eigenvalue weighted by Gasteiger charge is -2.21. The van der Waals surface area contributed by atoms with Crippen molar-refractivity contribution in [3.8, 4) is 0 Å². The molecule has 0 saturated heterocycles. The van der Waals surface area contributed by atoms with Gasteiger partial charge in [0.05, 0.1) is 10.6 Å². The van der Waals surface area contributed by atoms with Gasteiger partial charge in [0.2, 0.25) is 0 Å². The molecule has 1 aromatic heterocycles. The molecule has 3 N–H and O–H groups in total. The van der Waals surface area contributed by atoms with Gasteiger partial charge in [0.1, 0.15) is 0 Å². The molecule has 0 aliphatic heterocycles. The number of rotatable bonds is 3. The van der Waals surface area contributed by atoms with E-state index in [0.29, 0.717) is 6.04 Å². The Labute approximate surface area is 112 Å². The van der Waals surface area contributed by atoms with Crippen LogP contribution in [-0.4, -0.2) is 11.9 Å². The van der Waals surface area contributed by atoms with Gasteiger partial charge in [-0.3, -0.25) is 4.79 Å². The molecule has 0 aromatic carbocycles. The molecule has 98 valence electrons. The summed E-state index contributed by atoms with van der Waals surface area (Å²) in [6, 6.07) is 0.402. The first-order valence-electron chi connectivity index (χ1n) is 6.90. The maximum atomic E-state index is 12.2. The Morgan fingerprint density at radius 3 is 2.89 bits per heavy atom. The second-order valence-electron chi connectivity index (χ2n) is 5.51. The van der Waals surface area contributed by atoms with Crippen LogP contribution in [0.5, 0.6) is 0 Å². The van der Waals surface area contributed by atoms with Gasteiger partial charge in [-0.15, -0.1) is 11.3 Å². The first kappa shape index (κ1) is 12.0. The van der Waals surface area contributed by atoms with Crippen LogP contribution >= 0.6 is 11.3 Å². The number of thiophene rings is 1. The van der Waals surface area contributed by atoms with Gasteiger partial charge in [0.25, 0.3) is 5.91 Å². The van der Waals surface area contributed by atoms with Crippen LogP contribution in [0, 0.1) is 5.92 Å². The van der Waals surface area contributed by atoms with Gasteiger partial charge < -0.3 is 11.1 Å². The van der Waals surface area contributed by atoms with Crippen molar-refractivity contribution >= 4 is 22.2 Å². The molecule has 1 fully saturated rings. The largest absolute Gasteiger partial charge is 0.390 e. The summed E-state index contributed by atoms with van der Waals surface area (Å²) in [5, 5.41) is 3.78. The van der Waals surface area contributed by atoms with Crippen molar-refractivity contribution in [1.29, 1.82) is 0 Å². The Morgan fingerprint density at radius 1 is 1.44 bits per heavy atom. The van der Waals surface area contributed by atoms with Crippen molar-refractivity contribution in [2.75, 3.05) is 5.73 Å². The minimum absolute atomic E-state index is 0.0578. The smallest absolute Gasteiger partial charge is 0.254 e. The van der Waals surface area contributed by atoms with Crippen LogP contribution in [0.25, 0.3) is 0 Å². The summed E-state index contributed by atoms with van der Waals surface area (Å²) in [6.07, 6.45) is 6.79. The molecule has 0 bridgehead atoms. The van der Waals surface area contributed by atoms with E-state index < -0.39 is 0 Å². The van der Waals surface area contributed by atoms with Crippen molar-refractivity contribution in [2.24, 2.45) is 5.92 Å². The van der Waals surface area contributed by atoms with E-state index in [1.165, 1.54) is 23.3 Å². The van der Waals surface area contributed by atoms with E-state index in [1.54, 1.807) is 11.3 Å². The zero-order valence-electron chi connectivity index (χ0n) is 10.8. The molecule has 1 heterocycles. The Kier molecular flexibility index (Phi) is 3.06. The lowest BCUT2D eigenvalue weighted by Crippen LogP contribution is -2.27. The predicted octanol–water partition coefficient (Wildman–Crippen LogP) is 2.74. The number of carbonyl (C=O) groups is 1. The highest BCUT2D eigenvalue weighted by Crippen LogP contribution is 2.39. The summed E-state index contributed by atoms with van der Waals surface area (Å²) in [4.78, 5) is 13.6. The zero-order chi connectivity index (χ0) is 12.7. The zero-order valence-corrected chi connectivity index (χ0v) is 11.6. The third-order valence-electron chi connectivity index (χ3n) is 4.11. The molecule has 2 aliphatic rings. The maximum Gasteiger partial charge on any atom is 0.254 e. The normalized spacial score (nSPS) is 22.6. The van der Waals surface area contributed by atoms with Gasteiger partial charge in [0, 0.05) is 10.9 Å². The van der Waals surface area contributed by atoms with E-state index in [9.17, 15) is 4.79 Å². The van der Waals surface area contributed by atoms with E-state index in [2.05, 4.69) is 12.2 Å². The highest BCUT2D eigenvalue weighted by molar-refractivity contribution is 7.16. The van der Waals surface area contributed by atoms with Crippen LogP contribution in [0.15, 0.2) is 0 Å². The van der Waals surface area contributed by atoms with Crippen molar-refractivity contribution < 1.29 is 4.79 Å². The van der Waals surface area contributed by atoms with Crippen molar-refractivity contribution in [3.05, 3.63) is 16.0 Å². The van der Waals surface area contributed by atoms with Gasteiger partial charge >= 0.3 is 0 Å². The fourth-order valence-electron chi connectivity index (χ4n) is 2.76. The van der Waals surface area contributed by atoms with E-state index in [4.69, 9.17) is 5.73 Å². The summed E-state index contributed by atoms with van der Waals surface area (Å²) in [7, 11) is 0. The molecular weight excluding hydrogens is 244 g/mol. The molecule has 3 rings (SSSR count). The molecule has 1 atom stereocenters.